The van der Waals surface area contributed by atoms with Crippen LogP contribution in [-0.4, -0.2) is 11.5 Å². The van der Waals surface area contributed by atoms with E-state index in [4.69, 9.17) is 0 Å². The summed E-state index contributed by atoms with van der Waals surface area (Å²) in [5.74, 6) is -0.160. The number of aryl methyl sites for hydroxylation is 2. The summed E-state index contributed by atoms with van der Waals surface area (Å²) in [6.45, 7) is 6.65. The highest BCUT2D eigenvalue weighted by molar-refractivity contribution is 5.39. The van der Waals surface area contributed by atoms with Crippen LogP contribution >= 0.6 is 0 Å². The highest BCUT2D eigenvalue weighted by Crippen LogP contribution is 2.27. The second-order valence-electron chi connectivity index (χ2n) is 4.75. The van der Waals surface area contributed by atoms with Crippen LogP contribution in [0.25, 0.3) is 0 Å². The summed E-state index contributed by atoms with van der Waals surface area (Å²) < 4.78 is 14.3. The maximum absolute atomic E-state index is 14.3. The fourth-order valence-corrected chi connectivity index (χ4v) is 2.43. The molecule has 100 valence electrons. The Morgan fingerprint density at radius 3 is 2.68 bits per heavy atom. The van der Waals surface area contributed by atoms with Gasteiger partial charge in [0.05, 0.1) is 6.04 Å². The lowest BCUT2D eigenvalue weighted by molar-refractivity contribution is 0.554. The topological polar surface area (TPSA) is 24.9 Å². The fraction of sp³-hybridized carbons (Fsp3) is 0.312. The Hall–Kier alpha value is -1.74. The normalized spacial score (nSPS) is 12.4. The summed E-state index contributed by atoms with van der Waals surface area (Å²) in [4.78, 5) is 4.13. The monoisotopic (exact) mass is 258 g/mol. The highest BCUT2D eigenvalue weighted by Gasteiger charge is 2.19. The van der Waals surface area contributed by atoms with Gasteiger partial charge in [-0.15, -0.1) is 0 Å². The van der Waals surface area contributed by atoms with Crippen molar-refractivity contribution in [2.24, 2.45) is 0 Å². The third-order valence-corrected chi connectivity index (χ3v) is 3.20. The van der Waals surface area contributed by atoms with Gasteiger partial charge in [-0.25, -0.2) is 4.39 Å². The van der Waals surface area contributed by atoms with Crippen LogP contribution in [-0.2, 0) is 0 Å². The van der Waals surface area contributed by atoms with Crippen LogP contribution in [0.3, 0.4) is 0 Å². The first-order valence-electron chi connectivity index (χ1n) is 6.53. The molecule has 2 rings (SSSR count). The van der Waals surface area contributed by atoms with Crippen molar-refractivity contribution in [1.29, 1.82) is 0 Å². The second kappa shape index (κ2) is 5.93. The minimum atomic E-state index is -0.160. The van der Waals surface area contributed by atoms with Crippen molar-refractivity contribution in [2.45, 2.75) is 26.8 Å². The number of nitrogens with zero attached hydrogens (tertiary/aromatic N) is 1. The summed E-state index contributed by atoms with van der Waals surface area (Å²) >= 11 is 0. The van der Waals surface area contributed by atoms with Gasteiger partial charge >= 0.3 is 0 Å². The first-order valence-corrected chi connectivity index (χ1v) is 6.53. The molecule has 1 N–H and O–H groups in total. The molecule has 2 nitrogen and oxygen atoms in total. The third kappa shape index (κ3) is 2.99. The van der Waals surface area contributed by atoms with E-state index in [0.29, 0.717) is 5.56 Å². The van der Waals surface area contributed by atoms with Gasteiger partial charge in [-0.1, -0.05) is 19.1 Å². The third-order valence-electron chi connectivity index (χ3n) is 3.20. The first-order chi connectivity index (χ1) is 9.13. The summed E-state index contributed by atoms with van der Waals surface area (Å²) in [7, 11) is 0. The van der Waals surface area contributed by atoms with Crippen molar-refractivity contribution in [3.63, 3.8) is 0 Å². The number of aromatic nitrogens is 1. The number of hydrogen-bond acceptors (Lipinski definition) is 2. The van der Waals surface area contributed by atoms with Crippen LogP contribution in [0.15, 0.2) is 36.7 Å². The standard InChI is InChI=1S/C16H19FN2/c1-4-19-16(13-6-5-7-18-10-13)15-12(3)8-11(2)9-14(15)17/h5-10,16,19H,4H2,1-3H3. The summed E-state index contributed by atoms with van der Waals surface area (Å²) in [6, 6.07) is 7.29. The molecule has 0 aliphatic rings. The minimum absolute atomic E-state index is 0.153. The Bertz CT molecular complexity index is 529. The fourth-order valence-electron chi connectivity index (χ4n) is 2.43. The molecule has 0 aliphatic carbocycles. The van der Waals surface area contributed by atoms with E-state index in [2.05, 4.69) is 10.3 Å². The Balaban J connectivity index is 2.51. The van der Waals surface area contributed by atoms with E-state index in [1.807, 2.05) is 39.0 Å². The lowest BCUT2D eigenvalue weighted by atomic mass is 9.94. The minimum Gasteiger partial charge on any atom is -0.306 e. The molecule has 0 saturated carbocycles. The molecule has 0 bridgehead atoms. The van der Waals surface area contributed by atoms with Gasteiger partial charge in [0.2, 0.25) is 0 Å². The van der Waals surface area contributed by atoms with Crippen molar-refractivity contribution >= 4 is 0 Å². The molecule has 1 atom stereocenters. The molecule has 3 heteroatoms. The SMILES string of the molecule is CCNC(c1cccnc1)c1c(C)cc(C)cc1F. The average molecular weight is 258 g/mol. The summed E-state index contributed by atoms with van der Waals surface area (Å²) in [5.41, 5.74) is 3.60. The van der Waals surface area contributed by atoms with Crippen molar-refractivity contribution in [2.75, 3.05) is 6.54 Å². The highest BCUT2D eigenvalue weighted by atomic mass is 19.1. The van der Waals surface area contributed by atoms with Gasteiger partial charge in [-0.05, 0) is 49.2 Å². The predicted octanol–water partition coefficient (Wildman–Crippen LogP) is 3.54. The van der Waals surface area contributed by atoms with E-state index in [1.54, 1.807) is 18.5 Å². The van der Waals surface area contributed by atoms with E-state index in [-0.39, 0.29) is 11.9 Å². The van der Waals surface area contributed by atoms with Crippen molar-refractivity contribution in [3.8, 4) is 0 Å². The molecule has 0 radical (unpaired) electrons. The zero-order valence-electron chi connectivity index (χ0n) is 11.6. The molecule has 1 aromatic heterocycles. The molecule has 1 heterocycles. The van der Waals surface area contributed by atoms with Crippen molar-refractivity contribution in [3.05, 3.63) is 64.7 Å². The molecule has 0 fully saturated rings. The largest absolute Gasteiger partial charge is 0.306 e. The molecular weight excluding hydrogens is 239 g/mol. The number of rotatable bonds is 4. The molecule has 0 aliphatic heterocycles. The van der Waals surface area contributed by atoms with Gasteiger partial charge in [0.1, 0.15) is 5.82 Å². The summed E-state index contributed by atoms with van der Waals surface area (Å²) in [6.07, 6.45) is 3.51. The number of pyridine rings is 1. The molecule has 1 aromatic carbocycles. The average Bonchev–Trinajstić information content (AvgIpc) is 2.37. The lowest BCUT2D eigenvalue weighted by Crippen LogP contribution is -2.24. The van der Waals surface area contributed by atoms with E-state index in [1.165, 1.54) is 0 Å². The first kappa shape index (κ1) is 13.7. The predicted molar refractivity (Wildman–Crippen MR) is 75.6 cm³/mol. The van der Waals surface area contributed by atoms with E-state index < -0.39 is 0 Å². The Kier molecular flexibility index (Phi) is 4.27. The summed E-state index contributed by atoms with van der Waals surface area (Å²) in [5, 5.41) is 3.34. The quantitative estimate of drug-likeness (QED) is 0.907. The van der Waals surface area contributed by atoms with Crippen LogP contribution in [0.2, 0.25) is 0 Å². The Morgan fingerprint density at radius 2 is 2.11 bits per heavy atom. The molecule has 0 saturated heterocycles. The van der Waals surface area contributed by atoms with Crippen LogP contribution < -0.4 is 5.32 Å². The van der Waals surface area contributed by atoms with Gasteiger partial charge in [-0.2, -0.15) is 0 Å². The molecule has 19 heavy (non-hydrogen) atoms. The zero-order chi connectivity index (χ0) is 13.8. The van der Waals surface area contributed by atoms with Crippen molar-refractivity contribution in [1.82, 2.24) is 10.3 Å². The van der Waals surface area contributed by atoms with Gasteiger partial charge in [0.25, 0.3) is 0 Å². The Labute approximate surface area is 113 Å². The van der Waals surface area contributed by atoms with Crippen LogP contribution in [0, 0.1) is 19.7 Å². The second-order valence-corrected chi connectivity index (χ2v) is 4.75. The van der Waals surface area contributed by atoms with E-state index in [0.717, 1.165) is 23.2 Å². The van der Waals surface area contributed by atoms with Crippen molar-refractivity contribution < 1.29 is 4.39 Å². The Morgan fingerprint density at radius 1 is 1.32 bits per heavy atom. The van der Waals surface area contributed by atoms with E-state index in [9.17, 15) is 4.39 Å². The molecular formula is C16H19FN2. The zero-order valence-corrected chi connectivity index (χ0v) is 11.6. The lowest BCUT2D eigenvalue weighted by Gasteiger charge is -2.21. The number of hydrogen-bond donors (Lipinski definition) is 1. The maximum Gasteiger partial charge on any atom is 0.128 e. The molecule has 0 spiro atoms. The van der Waals surface area contributed by atoms with Gasteiger partial charge in [-0.3, -0.25) is 4.98 Å². The van der Waals surface area contributed by atoms with Gasteiger partial charge in [0, 0.05) is 18.0 Å². The van der Waals surface area contributed by atoms with Gasteiger partial charge < -0.3 is 5.32 Å². The van der Waals surface area contributed by atoms with E-state index >= 15 is 0 Å². The number of nitrogens with one attached hydrogen (secondary N) is 1. The van der Waals surface area contributed by atoms with Gasteiger partial charge in [0.15, 0.2) is 0 Å². The molecule has 0 amide bonds. The smallest absolute Gasteiger partial charge is 0.128 e. The molecule has 1 unspecified atom stereocenters. The van der Waals surface area contributed by atoms with Crippen LogP contribution in [0.4, 0.5) is 4.39 Å². The number of benzene rings is 1. The molecule has 2 aromatic rings. The van der Waals surface area contributed by atoms with Crippen LogP contribution in [0.1, 0.15) is 35.2 Å². The maximum atomic E-state index is 14.3. The number of halogens is 1. The van der Waals surface area contributed by atoms with Crippen LogP contribution in [0.5, 0.6) is 0 Å².